The van der Waals surface area contributed by atoms with Crippen LogP contribution < -0.4 is 5.73 Å². The zero-order chi connectivity index (χ0) is 7.11. The van der Waals surface area contributed by atoms with Crippen molar-refractivity contribution in [1.82, 2.24) is 9.97 Å². The average molecular weight is 123 g/mol. The van der Waals surface area contributed by atoms with Gasteiger partial charge in [0.05, 0.1) is 6.20 Å². The minimum atomic E-state index is 0.461. The molecule has 1 heterocycles. The fraction of sp³-hybridized carbons (Fsp3) is 0. The Bertz CT molecular complexity index is 150. The van der Waals surface area contributed by atoms with E-state index in [1.807, 2.05) is 0 Å². The highest BCUT2D eigenvalue weighted by molar-refractivity contribution is 5.20. The van der Waals surface area contributed by atoms with Gasteiger partial charge in [0.2, 0.25) is 0 Å². The van der Waals surface area contributed by atoms with E-state index in [-0.39, 0.29) is 0 Å². The summed E-state index contributed by atoms with van der Waals surface area (Å²) in [4.78, 5) is 7.39. The van der Waals surface area contributed by atoms with Gasteiger partial charge in [-0.15, -0.1) is 13.2 Å². The van der Waals surface area contributed by atoms with Crippen LogP contribution in [0.3, 0.4) is 0 Å². The Balaban J connectivity index is 0.000000291. The van der Waals surface area contributed by atoms with Gasteiger partial charge < -0.3 is 5.73 Å². The highest BCUT2D eigenvalue weighted by atomic mass is 14.9. The first-order valence-electron chi connectivity index (χ1n) is 2.41. The van der Waals surface area contributed by atoms with Gasteiger partial charge in [0, 0.05) is 12.4 Å². The predicted molar refractivity (Wildman–Crippen MR) is 37.7 cm³/mol. The monoisotopic (exact) mass is 123 g/mol. The third-order valence-electron chi connectivity index (χ3n) is 0.583. The number of nitrogens with zero attached hydrogens (tertiary/aromatic N) is 2. The summed E-state index contributed by atoms with van der Waals surface area (Å²) >= 11 is 0. The van der Waals surface area contributed by atoms with Crippen molar-refractivity contribution in [2.45, 2.75) is 0 Å². The smallest absolute Gasteiger partial charge is 0.141 e. The fourth-order valence-electron chi connectivity index (χ4n) is 0.311. The van der Waals surface area contributed by atoms with E-state index in [0.717, 1.165) is 0 Å². The van der Waals surface area contributed by atoms with Crippen LogP contribution in [0.1, 0.15) is 0 Å². The van der Waals surface area contributed by atoms with Gasteiger partial charge in [-0.25, -0.2) is 4.98 Å². The Kier molecular flexibility index (Phi) is 4.04. The molecular weight excluding hydrogens is 114 g/mol. The summed E-state index contributed by atoms with van der Waals surface area (Å²) < 4.78 is 0. The molecule has 0 saturated heterocycles. The van der Waals surface area contributed by atoms with Crippen molar-refractivity contribution in [3.63, 3.8) is 0 Å². The predicted octanol–water partition coefficient (Wildman–Crippen LogP) is 0.861. The van der Waals surface area contributed by atoms with Crippen LogP contribution in [-0.4, -0.2) is 9.97 Å². The molecular formula is C6H9N3. The van der Waals surface area contributed by atoms with E-state index in [0.29, 0.717) is 5.82 Å². The van der Waals surface area contributed by atoms with E-state index >= 15 is 0 Å². The SMILES string of the molecule is C=C.Nc1cnccn1. The third-order valence-corrected chi connectivity index (χ3v) is 0.583. The zero-order valence-corrected chi connectivity index (χ0v) is 5.12. The van der Waals surface area contributed by atoms with Crippen molar-refractivity contribution in [2.24, 2.45) is 0 Å². The van der Waals surface area contributed by atoms with Crippen molar-refractivity contribution in [3.05, 3.63) is 31.7 Å². The van der Waals surface area contributed by atoms with E-state index in [9.17, 15) is 0 Å². The molecule has 0 saturated carbocycles. The lowest BCUT2D eigenvalue weighted by Crippen LogP contribution is -1.87. The molecule has 0 fully saturated rings. The van der Waals surface area contributed by atoms with Gasteiger partial charge in [-0.3, -0.25) is 4.98 Å². The number of rotatable bonds is 0. The lowest BCUT2D eigenvalue weighted by molar-refractivity contribution is 1.21. The molecule has 0 aliphatic rings. The van der Waals surface area contributed by atoms with Crippen molar-refractivity contribution < 1.29 is 0 Å². The second kappa shape index (κ2) is 4.77. The van der Waals surface area contributed by atoms with Crippen LogP contribution >= 0.6 is 0 Å². The Morgan fingerprint density at radius 2 is 2.00 bits per heavy atom. The van der Waals surface area contributed by atoms with Crippen LogP contribution in [0.4, 0.5) is 5.82 Å². The van der Waals surface area contributed by atoms with Crippen LogP contribution in [0.2, 0.25) is 0 Å². The molecule has 0 amide bonds. The number of aromatic nitrogens is 2. The number of hydrogen-bond acceptors (Lipinski definition) is 3. The molecule has 0 spiro atoms. The summed E-state index contributed by atoms with van der Waals surface area (Å²) in [7, 11) is 0. The highest BCUT2D eigenvalue weighted by Gasteiger charge is 1.74. The third kappa shape index (κ3) is 3.22. The molecule has 0 unspecified atom stereocenters. The summed E-state index contributed by atoms with van der Waals surface area (Å²) in [6, 6.07) is 0. The first-order chi connectivity index (χ1) is 4.39. The van der Waals surface area contributed by atoms with Gasteiger partial charge in [0.25, 0.3) is 0 Å². The van der Waals surface area contributed by atoms with Crippen LogP contribution in [-0.2, 0) is 0 Å². The van der Waals surface area contributed by atoms with Crippen LogP contribution in [0, 0.1) is 0 Å². The van der Waals surface area contributed by atoms with Crippen molar-refractivity contribution >= 4 is 5.82 Å². The van der Waals surface area contributed by atoms with Crippen molar-refractivity contribution in [2.75, 3.05) is 5.73 Å². The van der Waals surface area contributed by atoms with E-state index in [1.165, 1.54) is 6.20 Å². The second-order valence-electron chi connectivity index (χ2n) is 1.13. The largest absolute Gasteiger partial charge is 0.382 e. The molecule has 0 atom stereocenters. The number of nitrogen functional groups attached to an aromatic ring is 1. The maximum atomic E-state index is 5.18. The van der Waals surface area contributed by atoms with Gasteiger partial charge in [-0.05, 0) is 0 Å². The fourth-order valence-corrected chi connectivity index (χ4v) is 0.311. The minimum Gasteiger partial charge on any atom is -0.382 e. The van der Waals surface area contributed by atoms with Gasteiger partial charge in [-0.2, -0.15) is 0 Å². The van der Waals surface area contributed by atoms with Crippen molar-refractivity contribution in [3.8, 4) is 0 Å². The Hall–Kier alpha value is -1.38. The van der Waals surface area contributed by atoms with Crippen LogP contribution in [0.5, 0.6) is 0 Å². The number of hydrogen-bond donors (Lipinski definition) is 1. The zero-order valence-electron chi connectivity index (χ0n) is 5.12. The second-order valence-corrected chi connectivity index (χ2v) is 1.13. The Morgan fingerprint density at radius 1 is 1.33 bits per heavy atom. The number of nitrogens with two attached hydrogens (primary N) is 1. The standard InChI is InChI=1S/C4H5N3.C2H4/c5-4-3-6-1-2-7-4;1-2/h1-3H,(H2,5,7);1-2H2. The molecule has 9 heavy (non-hydrogen) atoms. The molecule has 48 valence electrons. The van der Waals surface area contributed by atoms with E-state index in [1.54, 1.807) is 12.4 Å². The molecule has 0 aliphatic heterocycles. The van der Waals surface area contributed by atoms with Crippen LogP contribution in [0.25, 0.3) is 0 Å². The summed E-state index contributed by atoms with van der Waals surface area (Å²) in [5.74, 6) is 0.461. The molecule has 3 heteroatoms. The average Bonchev–Trinajstić information content (AvgIpc) is 1.94. The molecule has 0 aliphatic carbocycles. The highest BCUT2D eigenvalue weighted by Crippen LogP contribution is 1.84. The maximum Gasteiger partial charge on any atom is 0.141 e. The van der Waals surface area contributed by atoms with E-state index < -0.39 is 0 Å². The van der Waals surface area contributed by atoms with Gasteiger partial charge >= 0.3 is 0 Å². The molecule has 0 bridgehead atoms. The molecule has 1 aromatic rings. The Morgan fingerprint density at radius 3 is 2.22 bits per heavy atom. The van der Waals surface area contributed by atoms with Gasteiger partial charge in [0.1, 0.15) is 5.82 Å². The normalized spacial score (nSPS) is 7.11. The summed E-state index contributed by atoms with van der Waals surface area (Å²) in [5.41, 5.74) is 5.18. The van der Waals surface area contributed by atoms with Gasteiger partial charge in [-0.1, -0.05) is 0 Å². The Labute approximate surface area is 54.3 Å². The van der Waals surface area contributed by atoms with Crippen LogP contribution in [0.15, 0.2) is 31.7 Å². The molecule has 0 radical (unpaired) electrons. The number of anilines is 1. The van der Waals surface area contributed by atoms with Gasteiger partial charge in [0.15, 0.2) is 0 Å². The molecule has 3 nitrogen and oxygen atoms in total. The summed E-state index contributed by atoms with van der Waals surface area (Å²) in [6.45, 7) is 6.00. The molecule has 2 N–H and O–H groups in total. The maximum absolute atomic E-state index is 5.18. The van der Waals surface area contributed by atoms with E-state index in [2.05, 4.69) is 23.1 Å². The molecule has 1 aromatic heterocycles. The van der Waals surface area contributed by atoms with E-state index in [4.69, 9.17) is 5.73 Å². The summed E-state index contributed by atoms with van der Waals surface area (Å²) in [6.07, 6.45) is 4.63. The van der Waals surface area contributed by atoms with Crippen molar-refractivity contribution in [1.29, 1.82) is 0 Å². The molecule has 1 rings (SSSR count). The minimum absolute atomic E-state index is 0.461. The first-order valence-corrected chi connectivity index (χ1v) is 2.41. The topological polar surface area (TPSA) is 51.8 Å². The lowest BCUT2D eigenvalue weighted by atomic mass is 10.7. The lowest BCUT2D eigenvalue weighted by Gasteiger charge is -1.82. The molecule has 0 aromatic carbocycles. The summed E-state index contributed by atoms with van der Waals surface area (Å²) in [5, 5.41) is 0. The first kappa shape index (κ1) is 7.62. The quantitative estimate of drug-likeness (QED) is 0.520.